The Morgan fingerprint density at radius 2 is 1.50 bits per heavy atom. The summed E-state index contributed by atoms with van der Waals surface area (Å²) in [6.07, 6.45) is 2.57. The monoisotopic (exact) mass is 324 g/mol. The third kappa shape index (κ3) is 3.97. The second-order valence-electron chi connectivity index (χ2n) is 6.91. The number of rotatable bonds is 6. The molecule has 1 atom stereocenters. The van der Waals surface area contributed by atoms with Crippen molar-refractivity contribution in [1.82, 2.24) is 5.32 Å². The van der Waals surface area contributed by atoms with E-state index in [0.717, 1.165) is 25.8 Å². The van der Waals surface area contributed by atoms with Crippen molar-refractivity contribution in [3.05, 3.63) is 59.7 Å². The van der Waals surface area contributed by atoms with Crippen LogP contribution in [0.15, 0.2) is 48.5 Å². The van der Waals surface area contributed by atoms with Crippen molar-refractivity contribution >= 4 is 11.4 Å². The maximum atomic E-state index is 10.3. The lowest BCUT2D eigenvalue weighted by atomic mass is 10.0. The zero-order valence-corrected chi connectivity index (χ0v) is 14.7. The zero-order chi connectivity index (χ0) is 16.9. The van der Waals surface area contributed by atoms with E-state index in [9.17, 15) is 5.11 Å². The number of anilines is 2. The Bertz CT molecular complexity index is 621. The summed E-state index contributed by atoms with van der Waals surface area (Å²) in [6.45, 7) is 5.69. The molecular weight excluding hydrogens is 296 g/mol. The fourth-order valence-electron chi connectivity index (χ4n) is 3.36. The van der Waals surface area contributed by atoms with Gasteiger partial charge in [-0.05, 0) is 42.5 Å². The summed E-state index contributed by atoms with van der Waals surface area (Å²) >= 11 is 0. The molecule has 0 saturated heterocycles. The Labute approximate surface area is 145 Å². The van der Waals surface area contributed by atoms with Gasteiger partial charge in [-0.2, -0.15) is 0 Å². The van der Waals surface area contributed by atoms with Gasteiger partial charge in [-0.1, -0.05) is 50.2 Å². The van der Waals surface area contributed by atoms with E-state index < -0.39 is 0 Å². The molecule has 3 rings (SSSR count). The van der Waals surface area contributed by atoms with Gasteiger partial charge in [-0.25, -0.2) is 0 Å². The molecule has 2 aromatic rings. The van der Waals surface area contributed by atoms with Crippen LogP contribution >= 0.6 is 0 Å². The smallest absolute Gasteiger partial charge is 0.0681 e. The Balaban J connectivity index is 1.80. The molecule has 3 nitrogen and oxygen atoms in total. The molecule has 1 aliphatic heterocycles. The first kappa shape index (κ1) is 17.0. The van der Waals surface area contributed by atoms with Crippen LogP contribution in [0.1, 0.15) is 31.4 Å². The predicted octanol–water partition coefficient (Wildman–Crippen LogP) is 3.67. The Kier molecular flexibility index (Phi) is 5.54. The molecule has 2 aromatic carbocycles. The van der Waals surface area contributed by atoms with E-state index >= 15 is 0 Å². The number of aliphatic hydroxyl groups is 1. The minimum Gasteiger partial charge on any atom is -0.392 e. The first-order chi connectivity index (χ1) is 11.6. The maximum absolute atomic E-state index is 10.3. The van der Waals surface area contributed by atoms with Gasteiger partial charge in [0, 0.05) is 30.5 Å². The quantitative estimate of drug-likeness (QED) is 0.851. The van der Waals surface area contributed by atoms with Crippen molar-refractivity contribution in [2.75, 3.05) is 18.0 Å². The van der Waals surface area contributed by atoms with Gasteiger partial charge in [0.25, 0.3) is 0 Å². The highest BCUT2D eigenvalue weighted by Gasteiger charge is 2.20. The van der Waals surface area contributed by atoms with Crippen LogP contribution in [0.25, 0.3) is 0 Å². The molecule has 0 amide bonds. The van der Waals surface area contributed by atoms with Gasteiger partial charge in [0.15, 0.2) is 0 Å². The van der Waals surface area contributed by atoms with Crippen LogP contribution in [-0.2, 0) is 12.8 Å². The van der Waals surface area contributed by atoms with Crippen LogP contribution in [0.4, 0.5) is 11.4 Å². The van der Waals surface area contributed by atoms with E-state index in [1.165, 1.54) is 22.5 Å². The van der Waals surface area contributed by atoms with Crippen LogP contribution in [0.5, 0.6) is 0 Å². The Morgan fingerprint density at radius 3 is 2.04 bits per heavy atom. The Morgan fingerprint density at radius 1 is 0.958 bits per heavy atom. The van der Waals surface area contributed by atoms with Crippen LogP contribution in [0, 0.1) is 0 Å². The van der Waals surface area contributed by atoms with Crippen molar-refractivity contribution in [3.8, 4) is 0 Å². The average Bonchev–Trinajstić information content (AvgIpc) is 2.75. The number of aliphatic hydroxyl groups excluding tert-OH is 1. The van der Waals surface area contributed by atoms with Crippen molar-refractivity contribution in [1.29, 1.82) is 0 Å². The summed E-state index contributed by atoms with van der Waals surface area (Å²) in [5, 5.41) is 13.6. The van der Waals surface area contributed by atoms with Crippen molar-refractivity contribution in [2.24, 2.45) is 0 Å². The molecule has 0 spiro atoms. The first-order valence-electron chi connectivity index (χ1n) is 9.00. The highest BCUT2D eigenvalue weighted by Crippen LogP contribution is 2.35. The van der Waals surface area contributed by atoms with Gasteiger partial charge < -0.3 is 15.3 Å². The van der Waals surface area contributed by atoms with Gasteiger partial charge in [-0.15, -0.1) is 0 Å². The fraction of sp³-hybridized carbons (Fsp3) is 0.429. The summed E-state index contributed by atoms with van der Waals surface area (Å²) < 4.78 is 0. The number of hydrogen-bond acceptors (Lipinski definition) is 3. The van der Waals surface area contributed by atoms with Gasteiger partial charge in [-0.3, -0.25) is 0 Å². The summed E-state index contributed by atoms with van der Waals surface area (Å²) in [5.41, 5.74) is 5.35. The SMILES string of the molecule is CC(C)NCC(O)CCN1c2ccccc2CCc2ccccc21. The standard InChI is InChI=1S/C21H28N2O/c1-16(2)22-15-19(24)13-14-23-20-9-5-3-7-17(20)11-12-18-8-4-6-10-21(18)23/h3-10,16,19,22,24H,11-15H2,1-2H3. The number of hydrogen-bond donors (Lipinski definition) is 2. The molecule has 0 aromatic heterocycles. The van der Waals surface area contributed by atoms with Gasteiger partial charge in [0.05, 0.1) is 6.10 Å². The molecular formula is C21H28N2O. The highest BCUT2D eigenvalue weighted by atomic mass is 16.3. The summed E-state index contributed by atoms with van der Waals surface area (Å²) in [5.74, 6) is 0. The molecule has 1 aliphatic rings. The molecule has 0 saturated carbocycles. The Hall–Kier alpha value is -1.84. The van der Waals surface area contributed by atoms with E-state index in [1.807, 2.05) is 0 Å². The van der Waals surface area contributed by atoms with E-state index in [0.29, 0.717) is 12.6 Å². The summed E-state index contributed by atoms with van der Waals surface area (Å²) in [4.78, 5) is 2.39. The number of benzene rings is 2. The van der Waals surface area contributed by atoms with Crippen LogP contribution in [-0.4, -0.2) is 30.3 Å². The van der Waals surface area contributed by atoms with Crippen LogP contribution in [0.2, 0.25) is 0 Å². The van der Waals surface area contributed by atoms with E-state index in [-0.39, 0.29) is 6.10 Å². The molecule has 1 heterocycles. The lowest BCUT2D eigenvalue weighted by Crippen LogP contribution is -2.34. The third-order valence-electron chi connectivity index (χ3n) is 4.68. The number of fused-ring (bicyclic) bond motifs is 2. The van der Waals surface area contributed by atoms with Gasteiger partial charge in [0.2, 0.25) is 0 Å². The first-order valence-corrected chi connectivity index (χ1v) is 9.00. The molecule has 3 heteroatoms. The molecule has 0 radical (unpaired) electrons. The molecule has 1 unspecified atom stereocenters. The lowest BCUT2D eigenvalue weighted by Gasteiger charge is -2.28. The highest BCUT2D eigenvalue weighted by molar-refractivity contribution is 5.71. The zero-order valence-electron chi connectivity index (χ0n) is 14.7. The largest absolute Gasteiger partial charge is 0.392 e. The minimum atomic E-state index is -0.324. The van der Waals surface area contributed by atoms with Crippen LogP contribution < -0.4 is 10.2 Å². The number of nitrogens with zero attached hydrogens (tertiary/aromatic N) is 1. The minimum absolute atomic E-state index is 0.324. The predicted molar refractivity (Wildman–Crippen MR) is 101 cm³/mol. The second-order valence-corrected chi connectivity index (χ2v) is 6.91. The van der Waals surface area contributed by atoms with E-state index in [2.05, 4.69) is 72.6 Å². The molecule has 0 fully saturated rings. The summed E-state index contributed by atoms with van der Waals surface area (Å²) in [7, 11) is 0. The molecule has 0 bridgehead atoms. The third-order valence-corrected chi connectivity index (χ3v) is 4.68. The topological polar surface area (TPSA) is 35.5 Å². The molecule has 24 heavy (non-hydrogen) atoms. The lowest BCUT2D eigenvalue weighted by molar-refractivity contribution is 0.161. The van der Waals surface area contributed by atoms with Crippen molar-refractivity contribution in [3.63, 3.8) is 0 Å². The number of nitrogens with one attached hydrogen (secondary N) is 1. The maximum Gasteiger partial charge on any atom is 0.0681 e. The average molecular weight is 324 g/mol. The second kappa shape index (κ2) is 7.82. The van der Waals surface area contributed by atoms with Crippen molar-refractivity contribution in [2.45, 2.75) is 45.3 Å². The number of aryl methyl sites for hydroxylation is 2. The van der Waals surface area contributed by atoms with E-state index in [1.54, 1.807) is 0 Å². The fourth-order valence-corrected chi connectivity index (χ4v) is 3.36. The van der Waals surface area contributed by atoms with Crippen LogP contribution in [0.3, 0.4) is 0 Å². The van der Waals surface area contributed by atoms with Gasteiger partial charge >= 0.3 is 0 Å². The summed E-state index contributed by atoms with van der Waals surface area (Å²) in [6, 6.07) is 17.7. The normalized spacial score (nSPS) is 14.9. The number of para-hydroxylation sites is 2. The molecule has 128 valence electrons. The molecule has 0 aliphatic carbocycles. The van der Waals surface area contributed by atoms with Gasteiger partial charge in [0.1, 0.15) is 0 Å². The van der Waals surface area contributed by atoms with Crippen molar-refractivity contribution < 1.29 is 5.11 Å². The van der Waals surface area contributed by atoms with E-state index in [4.69, 9.17) is 0 Å². The molecule has 2 N–H and O–H groups in total.